The van der Waals surface area contributed by atoms with E-state index in [1.165, 1.54) is 4.88 Å². The van der Waals surface area contributed by atoms with Gasteiger partial charge in [-0.3, -0.25) is 10.1 Å². The zero-order valence-electron chi connectivity index (χ0n) is 10.2. The molecule has 1 aromatic heterocycles. The first-order valence-electron chi connectivity index (χ1n) is 6.34. The normalized spacial score (nSPS) is 36.6. The van der Waals surface area contributed by atoms with Gasteiger partial charge in [0, 0.05) is 10.9 Å². The second-order valence-electron chi connectivity index (χ2n) is 5.07. The molecule has 1 aliphatic heterocycles. The summed E-state index contributed by atoms with van der Waals surface area (Å²) in [6, 6.07) is 4.64. The molecule has 0 radical (unpaired) electrons. The Kier molecular flexibility index (Phi) is 2.71. The van der Waals surface area contributed by atoms with Crippen molar-refractivity contribution in [1.82, 2.24) is 10.2 Å². The predicted molar refractivity (Wildman–Crippen MR) is 68.7 cm³/mol. The van der Waals surface area contributed by atoms with Crippen LogP contribution in [-0.4, -0.2) is 22.9 Å². The van der Waals surface area contributed by atoms with Crippen molar-refractivity contribution in [3.8, 4) is 0 Å². The minimum Gasteiger partial charge on any atom is -0.317 e. The molecule has 0 spiro atoms. The second-order valence-corrected chi connectivity index (χ2v) is 6.05. The first kappa shape index (κ1) is 11.2. The average Bonchev–Trinajstić information content (AvgIpc) is 2.79. The molecule has 4 heteroatoms. The molecule has 3 nitrogen and oxygen atoms in total. The van der Waals surface area contributed by atoms with Crippen molar-refractivity contribution in [3.63, 3.8) is 0 Å². The van der Waals surface area contributed by atoms with Gasteiger partial charge in [-0.15, -0.1) is 11.3 Å². The number of hydrogen-bond acceptors (Lipinski definition) is 3. The summed E-state index contributed by atoms with van der Waals surface area (Å²) in [7, 11) is 0. The van der Waals surface area contributed by atoms with Crippen LogP contribution >= 0.6 is 11.3 Å². The Labute approximate surface area is 106 Å². The lowest BCUT2D eigenvalue weighted by Gasteiger charge is -2.23. The Bertz CT molecular complexity index is 417. The molecule has 1 N–H and O–H groups in total. The first-order chi connectivity index (χ1) is 8.22. The van der Waals surface area contributed by atoms with Gasteiger partial charge < -0.3 is 4.90 Å². The lowest BCUT2D eigenvalue weighted by Crippen LogP contribution is -2.33. The van der Waals surface area contributed by atoms with Crippen LogP contribution in [0.5, 0.6) is 0 Å². The molecule has 3 rings (SSSR count). The quantitative estimate of drug-likeness (QED) is 0.893. The highest BCUT2D eigenvalue weighted by molar-refractivity contribution is 7.10. The van der Waals surface area contributed by atoms with E-state index in [0.29, 0.717) is 17.9 Å². The van der Waals surface area contributed by atoms with Crippen LogP contribution in [0.3, 0.4) is 0 Å². The van der Waals surface area contributed by atoms with E-state index in [-0.39, 0.29) is 12.2 Å². The Morgan fingerprint density at radius 1 is 1.59 bits per heavy atom. The molecular weight excluding hydrogens is 232 g/mol. The van der Waals surface area contributed by atoms with Crippen molar-refractivity contribution >= 4 is 17.2 Å². The Balaban J connectivity index is 1.88. The van der Waals surface area contributed by atoms with Crippen molar-refractivity contribution < 1.29 is 4.79 Å². The third-order valence-electron chi connectivity index (χ3n) is 3.84. The van der Waals surface area contributed by atoms with Gasteiger partial charge >= 0.3 is 0 Å². The minimum atomic E-state index is 0.00917. The SMILES string of the molecule is CCC1NC(c2cccs2)N(C2CC2C)C1=O. The lowest BCUT2D eigenvalue weighted by atomic mass is 10.2. The maximum atomic E-state index is 12.3. The molecule has 1 saturated heterocycles. The van der Waals surface area contributed by atoms with Crippen molar-refractivity contribution in [3.05, 3.63) is 22.4 Å². The van der Waals surface area contributed by atoms with E-state index in [4.69, 9.17) is 0 Å². The fourth-order valence-corrected chi connectivity index (χ4v) is 3.43. The largest absolute Gasteiger partial charge is 0.317 e. The van der Waals surface area contributed by atoms with E-state index in [1.54, 1.807) is 11.3 Å². The van der Waals surface area contributed by atoms with E-state index >= 15 is 0 Å². The van der Waals surface area contributed by atoms with Crippen LogP contribution in [0.2, 0.25) is 0 Å². The highest BCUT2D eigenvalue weighted by Crippen LogP contribution is 2.42. The fourth-order valence-electron chi connectivity index (χ4n) is 2.65. The van der Waals surface area contributed by atoms with Gasteiger partial charge in [-0.2, -0.15) is 0 Å². The highest BCUT2D eigenvalue weighted by Gasteiger charge is 2.49. The summed E-state index contributed by atoms with van der Waals surface area (Å²) in [5, 5.41) is 5.55. The summed E-state index contributed by atoms with van der Waals surface area (Å²) < 4.78 is 0. The molecule has 1 aromatic rings. The van der Waals surface area contributed by atoms with Gasteiger partial charge in [0.05, 0.1) is 6.04 Å². The van der Waals surface area contributed by atoms with Gasteiger partial charge in [0.2, 0.25) is 5.91 Å². The number of carbonyl (C=O) groups excluding carboxylic acids is 1. The fraction of sp³-hybridized carbons (Fsp3) is 0.615. The number of hydrogen-bond donors (Lipinski definition) is 1. The zero-order valence-corrected chi connectivity index (χ0v) is 11.0. The topological polar surface area (TPSA) is 32.3 Å². The Morgan fingerprint density at radius 2 is 2.35 bits per heavy atom. The van der Waals surface area contributed by atoms with Crippen LogP contribution in [0.25, 0.3) is 0 Å². The standard InChI is InChI=1S/C13H18N2OS/c1-3-9-13(16)15(10-7-8(10)2)12(14-9)11-5-4-6-17-11/h4-6,8-10,12,14H,3,7H2,1-2H3. The number of thiophene rings is 1. The van der Waals surface area contributed by atoms with Gasteiger partial charge in [0.25, 0.3) is 0 Å². The van der Waals surface area contributed by atoms with Gasteiger partial charge in [0.15, 0.2) is 0 Å². The molecule has 0 bridgehead atoms. The van der Waals surface area contributed by atoms with Crippen molar-refractivity contribution in [2.24, 2.45) is 5.92 Å². The maximum Gasteiger partial charge on any atom is 0.241 e. The van der Waals surface area contributed by atoms with Gasteiger partial charge in [-0.25, -0.2) is 0 Å². The summed E-state index contributed by atoms with van der Waals surface area (Å²) in [5.41, 5.74) is 0. The van der Waals surface area contributed by atoms with E-state index in [9.17, 15) is 4.79 Å². The Hall–Kier alpha value is -0.870. The molecule has 4 atom stereocenters. The van der Waals surface area contributed by atoms with Gasteiger partial charge in [-0.05, 0) is 30.2 Å². The van der Waals surface area contributed by atoms with Crippen LogP contribution in [0, 0.1) is 5.92 Å². The van der Waals surface area contributed by atoms with Crippen LogP contribution in [-0.2, 0) is 4.79 Å². The molecule has 0 aromatic carbocycles. The van der Waals surface area contributed by atoms with Crippen LogP contribution < -0.4 is 5.32 Å². The summed E-state index contributed by atoms with van der Waals surface area (Å²) >= 11 is 1.73. The number of rotatable bonds is 3. The molecule has 2 aliphatic rings. The average molecular weight is 250 g/mol. The van der Waals surface area contributed by atoms with Gasteiger partial charge in [-0.1, -0.05) is 19.9 Å². The van der Waals surface area contributed by atoms with Gasteiger partial charge in [0.1, 0.15) is 6.17 Å². The molecule has 2 fully saturated rings. The molecule has 2 heterocycles. The summed E-state index contributed by atoms with van der Waals surface area (Å²) in [6.07, 6.45) is 2.15. The second kappa shape index (κ2) is 4.10. The lowest BCUT2D eigenvalue weighted by molar-refractivity contribution is -0.130. The molecule has 1 amide bonds. The van der Waals surface area contributed by atoms with E-state index in [2.05, 4.69) is 41.6 Å². The molecule has 17 heavy (non-hydrogen) atoms. The number of amides is 1. The summed E-state index contributed by atoms with van der Waals surface area (Å²) in [4.78, 5) is 15.7. The molecule has 4 unspecified atom stereocenters. The van der Waals surface area contributed by atoms with Crippen molar-refractivity contribution in [2.45, 2.75) is 44.9 Å². The monoisotopic (exact) mass is 250 g/mol. The summed E-state index contributed by atoms with van der Waals surface area (Å²) in [5.74, 6) is 0.957. The molecule has 1 aliphatic carbocycles. The number of carbonyl (C=O) groups is 1. The maximum absolute atomic E-state index is 12.3. The third-order valence-corrected chi connectivity index (χ3v) is 4.76. The van der Waals surface area contributed by atoms with Crippen molar-refractivity contribution in [2.75, 3.05) is 0 Å². The molecular formula is C13H18N2OS. The van der Waals surface area contributed by atoms with Crippen LogP contribution in [0.1, 0.15) is 37.7 Å². The summed E-state index contributed by atoms with van der Waals surface area (Å²) in [6.45, 7) is 4.30. The van der Waals surface area contributed by atoms with Crippen molar-refractivity contribution in [1.29, 1.82) is 0 Å². The zero-order chi connectivity index (χ0) is 12.0. The van der Waals surface area contributed by atoms with Crippen LogP contribution in [0.4, 0.5) is 0 Å². The third kappa shape index (κ3) is 1.79. The first-order valence-corrected chi connectivity index (χ1v) is 7.22. The predicted octanol–water partition coefficient (Wildman–Crippen LogP) is 2.37. The molecule has 92 valence electrons. The highest BCUT2D eigenvalue weighted by atomic mass is 32.1. The van der Waals surface area contributed by atoms with E-state index in [1.807, 2.05) is 0 Å². The number of nitrogens with zero attached hydrogens (tertiary/aromatic N) is 1. The molecule has 1 saturated carbocycles. The Morgan fingerprint density at radius 3 is 2.88 bits per heavy atom. The minimum absolute atomic E-state index is 0.00917. The van der Waals surface area contributed by atoms with E-state index in [0.717, 1.165) is 12.8 Å². The number of nitrogens with one attached hydrogen (secondary N) is 1. The smallest absolute Gasteiger partial charge is 0.241 e. The van der Waals surface area contributed by atoms with Crippen LogP contribution in [0.15, 0.2) is 17.5 Å². The van der Waals surface area contributed by atoms with E-state index < -0.39 is 0 Å².